The van der Waals surface area contributed by atoms with E-state index in [9.17, 15) is 67.0 Å². The van der Waals surface area contributed by atoms with Gasteiger partial charge < -0.3 is 14.6 Å². The Labute approximate surface area is 157 Å². The Morgan fingerprint density at radius 1 is 1.03 bits per heavy atom. The molecule has 3 unspecified atom stereocenters. The number of hydrogen-bond acceptors (Lipinski definition) is 4. The third-order valence-corrected chi connectivity index (χ3v) is 4.10. The molecule has 1 aliphatic rings. The van der Waals surface area contributed by atoms with Gasteiger partial charge in [0.25, 0.3) is 0 Å². The first-order chi connectivity index (χ1) is 12.9. The van der Waals surface area contributed by atoms with Gasteiger partial charge in [0.05, 0.1) is 0 Å². The highest BCUT2D eigenvalue weighted by Gasteiger charge is 2.92. The van der Waals surface area contributed by atoms with Gasteiger partial charge in [0.1, 0.15) is 5.57 Å². The minimum absolute atomic E-state index is 0.123. The van der Waals surface area contributed by atoms with Gasteiger partial charge in [-0.15, -0.1) is 0 Å². The molecule has 1 saturated heterocycles. The van der Waals surface area contributed by atoms with Crippen LogP contribution in [0.1, 0.15) is 13.3 Å². The van der Waals surface area contributed by atoms with Crippen molar-refractivity contribution in [2.45, 2.75) is 61.2 Å². The Bertz CT molecular complexity index is 707. The first-order valence-electron chi connectivity index (χ1n) is 7.22. The van der Waals surface area contributed by atoms with Gasteiger partial charge in [-0.2, -0.15) is 57.1 Å². The highest BCUT2D eigenvalue weighted by Crippen LogP contribution is 2.63. The molecule has 0 spiro atoms. The highest BCUT2D eigenvalue weighted by molar-refractivity contribution is 5.89. The molecule has 4 nitrogen and oxygen atoms in total. The van der Waals surface area contributed by atoms with Crippen LogP contribution in [-0.4, -0.2) is 58.9 Å². The summed E-state index contributed by atoms with van der Waals surface area (Å²) in [7, 11) is 0. The van der Waals surface area contributed by atoms with Crippen molar-refractivity contribution in [3.8, 4) is 0 Å². The summed E-state index contributed by atoms with van der Waals surface area (Å²) in [5.41, 5.74) is -8.44. The molecule has 1 aliphatic heterocycles. The first-order valence-corrected chi connectivity index (χ1v) is 7.22. The number of alkyl halides is 13. The second-order valence-electron chi connectivity index (χ2n) is 5.93. The van der Waals surface area contributed by atoms with Crippen molar-refractivity contribution < 1.29 is 76.5 Å². The Morgan fingerprint density at radius 3 is 1.77 bits per heavy atom. The number of carbonyl (C=O) groups is 1. The van der Waals surface area contributed by atoms with Crippen LogP contribution in [0.2, 0.25) is 0 Å². The predicted octanol–water partition coefficient (Wildman–Crippen LogP) is 4.28. The predicted molar refractivity (Wildman–Crippen MR) is 66.1 cm³/mol. The molecule has 0 aromatic rings. The maximum Gasteiger partial charge on any atom is 0.462 e. The van der Waals surface area contributed by atoms with Crippen LogP contribution in [0.4, 0.5) is 57.1 Å². The summed E-state index contributed by atoms with van der Waals surface area (Å²) >= 11 is 0. The lowest BCUT2D eigenvalue weighted by atomic mass is 9.75. The normalized spacial score (nSPS) is 31.9. The van der Waals surface area contributed by atoms with Crippen molar-refractivity contribution in [1.82, 2.24) is 0 Å². The number of ether oxygens (including phenoxy) is 2. The number of rotatable bonds is 3. The molecule has 0 saturated carbocycles. The van der Waals surface area contributed by atoms with E-state index in [-0.39, 0.29) is 6.92 Å². The molecule has 0 amide bonds. The lowest BCUT2D eigenvalue weighted by molar-refractivity contribution is -0.531. The molecule has 176 valence electrons. The van der Waals surface area contributed by atoms with Crippen molar-refractivity contribution in [1.29, 1.82) is 0 Å². The third kappa shape index (κ3) is 3.48. The fraction of sp³-hybridized carbons (Fsp3) is 0.769. The van der Waals surface area contributed by atoms with Crippen LogP contribution in [0, 0.1) is 0 Å². The Morgan fingerprint density at radius 2 is 1.47 bits per heavy atom. The summed E-state index contributed by atoms with van der Waals surface area (Å²) in [5.74, 6) is -22.6. The number of esters is 1. The van der Waals surface area contributed by atoms with Crippen LogP contribution < -0.4 is 0 Å². The summed E-state index contributed by atoms with van der Waals surface area (Å²) in [6, 6.07) is 0. The van der Waals surface area contributed by atoms with Gasteiger partial charge in [-0.05, 0) is 6.42 Å². The summed E-state index contributed by atoms with van der Waals surface area (Å²) in [6.45, 7) is 2.03. The third-order valence-electron chi connectivity index (χ3n) is 4.10. The smallest absolute Gasteiger partial charge is 0.414 e. The number of halogens is 13. The Balaban J connectivity index is 3.88. The van der Waals surface area contributed by atoms with Crippen molar-refractivity contribution in [2.75, 3.05) is 0 Å². The topological polar surface area (TPSA) is 55.8 Å². The summed E-state index contributed by atoms with van der Waals surface area (Å²) < 4.78 is 179. The van der Waals surface area contributed by atoms with Crippen LogP contribution in [0.3, 0.4) is 0 Å². The number of hydrogen-bond donors (Lipinski definition) is 1. The lowest BCUT2D eigenvalue weighted by Crippen LogP contribution is -2.83. The fourth-order valence-corrected chi connectivity index (χ4v) is 2.44. The molecule has 0 aromatic carbocycles. The quantitative estimate of drug-likeness (QED) is 0.376. The molecule has 1 rings (SSSR count). The van der Waals surface area contributed by atoms with E-state index in [0.29, 0.717) is 0 Å². The largest absolute Gasteiger partial charge is 0.462 e. The zero-order valence-corrected chi connectivity index (χ0v) is 14.1. The highest BCUT2D eigenvalue weighted by atomic mass is 19.4. The second-order valence-corrected chi connectivity index (χ2v) is 5.93. The Kier molecular flexibility index (Phi) is 6.01. The van der Waals surface area contributed by atoms with E-state index in [1.807, 2.05) is 6.58 Å². The Hall–Kier alpha value is -1.78. The standard InChI is InChI=1S/C13H9F13O4/c1-3-7(28)8(14,15)6(10(19,20)21)30-12(11(7,22)23,13(24,25)26)29-5(27)4(2)9(16,17)18/h6,28H,2-3H2,1H3. The van der Waals surface area contributed by atoms with Crippen molar-refractivity contribution >= 4 is 5.97 Å². The van der Waals surface area contributed by atoms with Gasteiger partial charge in [-0.1, -0.05) is 13.5 Å². The van der Waals surface area contributed by atoms with E-state index in [1.165, 1.54) is 0 Å². The van der Waals surface area contributed by atoms with Gasteiger partial charge in [0.2, 0.25) is 11.7 Å². The van der Waals surface area contributed by atoms with Gasteiger partial charge in [-0.25, -0.2) is 4.79 Å². The van der Waals surface area contributed by atoms with Crippen LogP contribution in [0.5, 0.6) is 0 Å². The van der Waals surface area contributed by atoms with Crippen LogP contribution in [0.15, 0.2) is 12.2 Å². The maximum atomic E-state index is 14.5. The SMILES string of the molecule is C=C(C(=O)OC1(C(F)(F)F)OC(C(F)(F)F)C(F)(F)C(O)(CC)C1(F)F)C(F)(F)F. The molecular formula is C13H9F13O4. The van der Waals surface area contributed by atoms with E-state index in [1.54, 1.807) is 0 Å². The molecule has 0 bridgehead atoms. The van der Waals surface area contributed by atoms with E-state index < -0.39 is 65.8 Å². The molecule has 30 heavy (non-hydrogen) atoms. The zero-order chi connectivity index (χ0) is 24.4. The molecule has 1 fully saturated rings. The fourth-order valence-electron chi connectivity index (χ4n) is 2.44. The number of aliphatic hydroxyl groups is 1. The van der Waals surface area contributed by atoms with E-state index in [4.69, 9.17) is 0 Å². The molecule has 0 aromatic heterocycles. The monoisotopic (exact) mass is 476 g/mol. The van der Waals surface area contributed by atoms with Crippen molar-refractivity contribution in [2.24, 2.45) is 0 Å². The van der Waals surface area contributed by atoms with Gasteiger partial charge in [-0.3, -0.25) is 0 Å². The maximum absolute atomic E-state index is 14.5. The molecule has 1 heterocycles. The van der Waals surface area contributed by atoms with E-state index >= 15 is 0 Å². The van der Waals surface area contributed by atoms with E-state index in [2.05, 4.69) is 9.47 Å². The molecule has 17 heteroatoms. The lowest BCUT2D eigenvalue weighted by Gasteiger charge is -2.55. The first kappa shape index (κ1) is 26.3. The van der Waals surface area contributed by atoms with Gasteiger partial charge in [0.15, 0.2) is 0 Å². The van der Waals surface area contributed by atoms with Crippen LogP contribution in [-0.2, 0) is 14.3 Å². The number of carbonyl (C=O) groups excluding carboxylic acids is 1. The minimum atomic E-state index is -7.05. The second kappa shape index (κ2) is 6.86. The van der Waals surface area contributed by atoms with E-state index in [0.717, 1.165) is 0 Å². The zero-order valence-electron chi connectivity index (χ0n) is 14.1. The summed E-state index contributed by atoms with van der Waals surface area (Å²) in [6.07, 6.45) is -26.9. The molecule has 1 N–H and O–H groups in total. The molecule has 3 atom stereocenters. The summed E-state index contributed by atoms with van der Waals surface area (Å²) in [4.78, 5) is 11.3. The molecular weight excluding hydrogens is 467 g/mol. The van der Waals surface area contributed by atoms with Gasteiger partial charge >= 0.3 is 42.1 Å². The average Bonchev–Trinajstić information content (AvgIpc) is 2.51. The van der Waals surface area contributed by atoms with Gasteiger partial charge in [0, 0.05) is 0 Å². The molecule has 0 aliphatic carbocycles. The van der Waals surface area contributed by atoms with Crippen molar-refractivity contribution in [3.05, 3.63) is 12.2 Å². The van der Waals surface area contributed by atoms with Crippen LogP contribution in [0.25, 0.3) is 0 Å². The minimum Gasteiger partial charge on any atom is -0.414 e. The summed E-state index contributed by atoms with van der Waals surface area (Å²) in [5, 5.41) is 9.56. The molecule has 0 radical (unpaired) electrons. The van der Waals surface area contributed by atoms with Crippen molar-refractivity contribution in [3.63, 3.8) is 0 Å². The average molecular weight is 476 g/mol. The van der Waals surface area contributed by atoms with Crippen LogP contribution >= 0.6 is 0 Å².